The first-order chi connectivity index (χ1) is 17.0. The summed E-state index contributed by atoms with van der Waals surface area (Å²) in [4.78, 5) is 11.6. The second-order valence-electron chi connectivity index (χ2n) is 8.39. The maximum absolute atomic E-state index is 13.3. The fourth-order valence-corrected chi connectivity index (χ4v) is 6.21. The normalized spacial score (nSPS) is 21.9. The highest BCUT2D eigenvalue weighted by Gasteiger charge is 2.42. The van der Waals surface area contributed by atoms with Gasteiger partial charge >= 0.3 is 12.1 Å². The number of carbonyl (C=O) groups is 1. The summed E-state index contributed by atoms with van der Waals surface area (Å²) in [5.74, 6) is -1.43. The van der Waals surface area contributed by atoms with Crippen molar-refractivity contribution in [3.8, 4) is 11.5 Å². The summed E-state index contributed by atoms with van der Waals surface area (Å²) in [5, 5.41) is 7.12. The zero-order valence-electron chi connectivity index (χ0n) is 19.9. The van der Waals surface area contributed by atoms with Crippen molar-refractivity contribution in [2.24, 2.45) is 0 Å². The van der Waals surface area contributed by atoms with Crippen LogP contribution in [0, 0.1) is 0 Å². The standard InChI is InChI=1S/C22H28N2O4S.C2HF3O2/c1-3-24-19-11-13-23(16-17-7-6-8-18(15-17)27-2)14-12-20(19)28-21-9-4-5-10-22(21)29(24,25)26;3-2(4,5)1(6)7/h4-10,15,19-20H,3,11-14,16H2,1-2H3;(H,6,7)/t19-,20-;/m0./s1. The molecule has 0 unspecified atom stereocenters. The monoisotopic (exact) mass is 530 g/mol. The van der Waals surface area contributed by atoms with Gasteiger partial charge in [0.15, 0.2) is 0 Å². The number of fused-ring (bicyclic) bond motifs is 2. The zero-order valence-corrected chi connectivity index (χ0v) is 20.8. The Bertz CT molecular complexity index is 1160. The lowest BCUT2D eigenvalue weighted by Gasteiger charge is -2.30. The second kappa shape index (κ2) is 11.5. The fourth-order valence-electron chi connectivity index (χ4n) is 4.40. The van der Waals surface area contributed by atoms with Crippen LogP contribution >= 0.6 is 0 Å². The molecule has 0 amide bonds. The van der Waals surface area contributed by atoms with Crippen LogP contribution in [0.3, 0.4) is 0 Å². The highest BCUT2D eigenvalue weighted by atomic mass is 32.2. The maximum Gasteiger partial charge on any atom is 0.490 e. The molecule has 0 radical (unpaired) electrons. The van der Waals surface area contributed by atoms with E-state index in [4.69, 9.17) is 19.4 Å². The smallest absolute Gasteiger partial charge is 0.490 e. The number of hydrogen-bond donors (Lipinski definition) is 1. The molecule has 2 aromatic rings. The van der Waals surface area contributed by atoms with E-state index in [-0.39, 0.29) is 17.0 Å². The van der Waals surface area contributed by atoms with Crippen LogP contribution in [0.25, 0.3) is 0 Å². The van der Waals surface area contributed by atoms with Crippen LogP contribution in [0.2, 0.25) is 0 Å². The Hall–Kier alpha value is -2.83. The lowest BCUT2D eigenvalue weighted by Crippen LogP contribution is -2.46. The number of rotatable bonds is 4. The third-order valence-corrected chi connectivity index (χ3v) is 8.12. The number of carboxylic acid groups (broad SMARTS) is 1. The SMILES string of the molecule is CCN1[C@H]2CCN(Cc3cccc(OC)c3)CC[C@@H]2Oc2ccccc2S1(=O)=O.O=C(O)C(F)(F)F. The molecule has 0 bridgehead atoms. The molecule has 1 fully saturated rings. The summed E-state index contributed by atoms with van der Waals surface area (Å²) < 4.78 is 71.6. The Morgan fingerprint density at radius 2 is 1.81 bits per heavy atom. The van der Waals surface area contributed by atoms with Crippen LogP contribution < -0.4 is 9.47 Å². The number of benzene rings is 2. The molecule has 2 heterocycles. The molecule has 1 N–H and O–H groups in total. The molecule has 198 valence electrons. The van der Waals surface area contributed by atoms with Crippen molar-refractivity contribution in [1.82, 2.24) is 9.21 Å². The number of sulfonamides is 1. The molecule has 2 aliphatic heterocycles. The molecule has 0 aliphatic carbocycles. The number of ether oxygens (including phenoxy) is 2. The minimum Gasteiger partial charge on any atom is -0.497 e. The van der Waals surface area contributed by atoms with Gasteiger partial charge in [0.05, 0.1) is 13.2 Å². The van der Waals surface area contributed by atoms with Gasteiger partial charge in [0.25, 0.3) is 0 Å². The van der Waals surface area contributed by atoms with E-state index in [0.717, 1.165) is 38.2 Å². The van der Waals surface area contributed by atoms with E-state index < -0.39 is 22.2 Å². The molecule has 0 aromatic heterocycles. The zero-order chi connectivity index (χ0) is 26.5. The van der Waals surface area contributed by atoms with Gasteiger partial charge in [-0.3, -0.25) is 4.90 Å². The van der Waals surface area contributed by atoms with Crippen LogP contribution in [0.15, 0.2) is 53.4 Å². The maximum atomic E-state index is 13.3. The van der Waals surface area contributed by atoms with Crippen LogP contribution in [0.4, 0.5) is 13.2 Å². The first-order valence-electron chi connectivity index (χ1n) is 11.4. The number of halogens is 3. The number of para-hydroxylation sites is 1. The summed E-state index contributed by atoms with van der Waals surface area (Å²) >= 11 is 0. The molecule has 0 saturated carbocycles. The topological polar surface area (TPSA) is 96.4 Å². The largest absolute Gasteiger partial charge is 0.497 e. The van der Waals surface area contributed by atoms with Gasteiger partial charge in [-0.15, -0.1) is 0 Å². The number of likely N-dealkylation sites (N-methyl/N-ethyl adjacent to an activating group) is 1. The third-order valence-electron chi connectivity index (χ3n) is 6.08. The molecule has 2 aromatic carbocycles. The fraction of sp³-hybridized carbons (Fsp3) is 0.458. The van der Waals surface area contributed by atoms with E-state index >= 15 is 0 Å². The van der Waals surface area contributed by atoms with E-state index in [9.17, 15) is 21.6 Å². The number of hydrogen-bond acceptors (Lipinski definition) is 6. The predicted octanol–water partition coefficient (Wildman–Crippen LogP) is 3.76. The molecule has 2 aliphatic rings. The van der Waals surface area contributed by atoms with Crippen molar-refractivity contribution >= 4 is 16.0 Å². The van der Waals surface area contributed by atoms with Gasteiger partial charge in [-0.1, -0.05) is 31.2 Å². The van der Waals surface area contributed by atoms with Gasteiger partial charge in [-0.05, 0) is 42.7 Å². The molecule has 4 rings (SSSR count). The van der Waals surface area contributed by atoms with Crippen LogP contribution in [0.5, 0.6) is 11.5 Å². The highest BCUT2D eigenvalue weighted by molar-refractivity contribution is 7.89. The van der Waals surface area contributed by atoms with Crippen molar-refractivity contribution in [2.45, 2.75) is 49.5 Å². The molecule has 36 heavy (non-hydrogen) atoms. The van der Waals surface area contributed by atoms with E-state index in [2.05, 4.69) is 17.0 Å². The lowest BCUT2D eigenvalue weighted by molar-refractivity contribution is -0.192. The minimum absolute atomic E-state index is 0.149. The Morgan fingerprint density at radius 3 is 2.44 bits per heavy atom. The Kier molecular flexibility index (Phi) is 8.85. The van der Waals surface area contributed by atoms with Gasteiger partial charge in [-0.2, -0.15) is 17.5 Å². The molecule has 1 saturated heterocycles. The summed E-state index contributed by atoms with van der Waals surface area (Å²) in [6.07, 6.45) is -3.70. The lowest BCUT2D eigenvalue weighted by atomic mass is 10.1. The Morgan fingerprint density at radius 1 is 1.14 bits per heavy atom. The quantitative estimate of drug-likeness (QED) is 0.643. The Balaban J connectivity index is 0.000000454. The van der Waals surface area contributed by atoms with Crippen LogP contribution in [0.1, 0.15) is 25.3 Å². The Labute approximate surface area is 208 Å². The van der Waals surface area contributed by atoms with Crippen molar-refractivity contribution in [2.75, 3.05) is 26.7 Å². The number of aliphatic carboxylic acids is 1. The van der Waals surface area contributed by atoms with Crippen LogP contribution in [-0.4, -0.2) is 73.8 Å². The number of nitrogens with zero attached hydrogens (tertiary/aromatic N) is 2. The molecule has 12 heteroatoms. The molecular weight excluding hydrogens is 501 g/mol. The van der Waals surface area contributed by atoms with Gasteiger partial charge in [0.2, 0.25) is 10.0 Å². The first kappa shape index (κ1) is 27.8. The molecular formula is C24H29F3N2O6S. The van der Waals surface area contributed by atoms with Crippen molar-refractivity contribution in [1.29, 1.82) is 0 Å². The number of methoxy groups -OCH3 is 1. The summed E-state index contributed by atoms with van der Waals surface area (Å²) in [7, 11) is -1.89. The first-order valence-corrected chi connectivity index (χ1v) is 12.8. The van der Waals surface area contributed by atoms with Gasteiger partial charge < -0.3 is 14.6 Å². The number of alkyl halides is 3. The summed E-state index contributed by atoms with van der Waals surface area (Å²) in [6, 6.07) is 14.9. The number of carboxylic acids is 1. The van der Waals surface area contributed by atoms with Crippen LogP contribution in [-0.2, 0) is 21.4 Å². The third kappa shape index (κ3) is 6.48. The van der Waals surface area contributed by atoms with Crippen molar-refractivity contribution < 1.29 is 41.0 Å². The van der Waals surface area contributed by atoms with Crippen molar-refractivity contribution in [3.05, 3.63) is 54.1 Å². The predicted molar refractivity (Wildman–Crippen MR) is 125 cm³/mol. The van der Waals surface area contributed by atoms with Gasteiger partial charge in [0, 0.05) is 26.2 Å². The van der Waals surface area contributed by atoms with Gasteiger partial charge in [0.1, 0.15) is 22.5 Å². The average molecular weight is 531 g/mol. The second-order valence-corrected chi connectivity index (χ2v) is 10.2. The average Bonchev–Trinajstić information content (AvgIpc) is 3.06. The highest BCUT2D eigenvalue weighted by Crippen LogP contribution is 2.36. The van der Waals surface area contributed by atoms with Crippen molar-refractivity contribution in [3.63, 3.8) is 0 Å². The van der Waals surface area contributed by atoms with Gasteiger partial charge in [-0.25, -0.2) is 13.2 Å². The van der Waals surface area contributed by atoms with E-state index in [0.29, 0.717) is 12.3 Å². The van der Waals surface area contributed by atoms with E-state index in [1.165, 1.54) is 5.56 Å². The molecule has 8 nitrogen and oxygen atoms in total. The molecule has 0 spiro atoms. The number of likely N-dealkylation sites (tertiary alicyclic amines) is 1. The van der Waals surface area contributed by atoms with E-state index in [1.54, 1.807) is 29.6 Å². The molecule has 2 atom stereocenters. The van der Waals surface area contributed by atoms with E-state index in [1.807, 2.05) is 25.1 Å². The summed E-state index contributed by atoms with van der Waals surface area (Å²) in [6.45, 7) is 4.84. The summed E-state index contributed by atoms with van der Waals surface area (Å²) in [5.41, 5.74) is 1.19. The minimum atomic E-state index is -5.08.